The van der Waals surface area contributed by atoms with Gasteiger partial charge in [-0.3, -0.25) is 5.32 Å². The number of rotatable bonds is 8. The second-order valence-electron chi connectivity index (χ2n) is 6.19. The molecule has 2 N–H and O–H groups in total. The van der Waals surface area contributed by atoms with Crippen molar-refractivity contribution in [1.82, 2.24) is 0 Å². The van der Waals surface area contributed by atoms with Gasteiger partial charge in [0.25, 0.3) is 0 Å². The maximum atomic E-state index is 12.0. The molecule has 0 heterocycles. The standard InChI is InChI=1S/C20H22ClNO5/c1-13(2)27-18(19(23)24)11-14-5-3-4-6-15(14)12-26-20(25)22-17-9-7-16(21)8-10-17/h3-10,13,18H,11-12H2,1-2H3,(H,22,25)(H,23,24). The van der Waals surface area contributed by atoms with Gasteiger partial charge in [0, 0.05) is 17.1 Å². The van der Waals surface area contributed by atoms with Crippen LogP contribution < -0.4 is 5.32 Å². The van der Waals surface area contributed by atoms with Crippen molar-refractivity contribution in [1.29, 1.82) is 0 Å². The number of carbonyl (C=O) groups is 2. The number of carboxylic acid groups (broad SMARTS) is 1. The summed E-state index contributed by atoms with van der Waals surface area (Å²) in [5.74, 6) is -1.03. The first-order valence-electron chi connectivity index (χ1n) is 8.49. The van der Waals surface area contributed by atoms with Gasteiger partial charge in [-0.1, -0.05) is 35.9 Å². The van der Waals surface area contributed by atoms with E-state index in [9.17, 15) is 14.7 Å². The number of aliphatic carboxylic acids is 1. The van der Waals surface area contributed by atoms with Crippen LogP contribution >= 0.6 is 11.6 Å². The normalized spacial score (nSPS) is 11.9. The summed E-state index contributed by atoms with van der Waals surface area (Å²) in [5, 5.41) is 12.5. The van der Waals surface area contributed by atoms with Crippen LogP contribution in [0.15, 0.2) is 48.5 Å². The fraction of sp³-hybridized carbons (Fsp3) is 0.300. The van der Waals surface area contributed by atoms with E-state index in [1.807, 2.05) is 0 Å². The number of anilines is 1. The van der Waals surface area contributed by atoms with Gasteiger partial charge in [-0.2, -0.15) is 0 Å². The molecule has 0 saturated carbocycles. The molecule has 2 aromatic rings. The van der Waals surface area contributed by atoms with Gasteiger partial charge in [0.1, 0.15) is 6.61 Å². The Labute approximate surface area is 163 Å². The molecule has 0 bridgehead atoms. The number of amides is 1. The monoisotopic (exact) mass is 391 g/mol. The number of nitrogens with one attached hydrogen (secondary N) is 1. The molecular weight excluding hydrogens is 370 g/mol. The third-order valence-corrected chi connectivity index (χ3v) is 3.94. The van der Waals surface area contributed by atoms with E-state index in [1.165, 1.54) is 0 Å². The fourth-order valence-corrected chi connectivity index (χ4v) is 2.58. The number of hydrogen-bond donors (Lipinski definition) is 2. The third-order valence-electron chi connectivity index (χ3n) is 3.68. The Morgan fingerprint density at radius 2 is 1.70 bits per heavy atom. The highest BCUT2D eigenvalue weighted by molar-refractivity contribution is 6.30. The third kappa shape index (κ3) is 6.92. The smallest absolute Gasteiger partial charge is 0.411 e. The largest absolute Gasteiger partial charge is 0.479 e. The van der Waals surface area contributed by atoms with Crippen molar-refractivity contribution in [3.05, 3.63) is 64.7 Å². The molecule has 1 amide bonds. The number of carbonyl (C=O) groups excluding carboxylic acids is 1. The Hall–Kier alpha value is -2.57. The van der Waals surface area contributed by atoms with Gasteiger partial charge in [-0.15, -0.1) is 0 Å². The van der Waals surface area contributed by atoms with Crippen molar-refractivity contribution in [3.8, 4) is 0 Å². The summed E-state index contributed by atoms with van der Waals surface area (Å²) < 4.78 is 10.7. The van der Waals surface area contributed by atoms with E-state index >= 15 is 0 Å². The van der Waals surface area contributed by atoms with E-state index in [4.69, 9.17) is 21.1 Å². The summed E-state index contributed by atoms with van der Waals surface area (Å²) in [4.78, 5) is 23.4. The van der Waals surface area contributed by atoms with E-state index in [-0.39, 0.29) is 19.1 Å². The van der Waals surface area contributed by atoms with E-state index in [1.54, 1.807) is 62.4 Å². The Balaban J connectivity index is 1.99. The molecule has 1 atom stereocenters. The second-order valence-corrected chi connectivity index (χ2v) is 6.63. The molecule has 0 saturated heterocycles. The molecule has 144 valence electrons. The van der Waals surface area contributed by atoms with Crippen LogP contribution in [0.5, 0.6) is 0 Å². The maximum absolute atomic E-state index is 12.0. The summed E-state index contributed by atoms with van der Waals surface area (Å²) in [6.45, 7) is 3.59. The fourth-order valence-electron chi connectivity index (χ4n) is 2.45. The Morgan fingerprint density at radius 1 is 1.07 bits per heavy atom. The van der Waals surface area contributed by atoms with Gasteiger partial charge in [-0.05, 0) is 49.2 Å². The van der Waals surface area contributed by atoms with Crippen LogP contribution in [0.4, 0.5) is 10.5 Å². The predicted octanol–water partition coefficient (Wildman–Crippen LogP) is 4.51. The average Bonchev–Trinajstić information content (AvgIpc) is 2.62. The number of carboxylic acids is 1. The van der Waals surface area contributed by atoms with Crippen molar-refractivity contribution >= 4 is 29.4 Å². The van der Waals surface area contributed by atoms with Crippen molar-refractivity contribution in [2.45, 2.75) is 39.1 Å². The molecule has 0 aliphatic rings. The summed E-state index contributed by atoms with van der Waals surface area (Å²) >= 11 is 5.81. The lowest BCUT2D eigenvalue weighted by Crippen LogP contribution is -2.29. The zero-order valence-electron chi connectivity index (χ0n) is 15.1. The minimum atomic E-state index is -1.03. The van der Waals surface area contributed by atoms with Gasteiger partial charge in [0.05, 0.1) is 6.10 Å². The van der Waals surface area contributed by atoms with E-state index in [0.717, 1.165) is 11.1 Å². The molecule has 0 spiro atoms. The topological polar surface area (TPSA) is 84.9 Å². The lowest BCUT2D eigenvalue weighted by molar-refractivity contribution is -0.153. The first-order valence-corrected chi connectivity index (χ1v) is 8.87. The van der Waals surface area contributed by atoms with Crippen LogP contribution in [0, 0.1) is 0 Å². The lowest BCUT2D eigenvalue weighted by Gasteiger charge is -2.18. The summed E-state index contributed by atoms with van der Waals surface area (Å²) in [7, 11) is 0. The van der Waals surface area contributed by atoms with Crippen LogP contribution in [-0.2, 0) is 27.3 Å². The molecule has 1 unspecified atom stereocenters. The maximum Gasteiger partial charge on any atom is 0.411 e. The predicted molar refractivity (Wildman–Crippen MR) is 103 cm³/mol. The summed E-state index contributed by atoms with van der Waals surface area (Å²) in [5.41, 5.74) is 2.04. The quantitative estimate of drug-likeness (QED) is 0.691. The summed E-state index contributed by atoms with van der Waals surface area (Å²) in [6, 6.07) is 13.9. The molecule has 0 aromatic heterocycles. The minimum absolute atomic E-state index is 0.0175. The molecule has 2 rings (SSSR count). The number of hydrogen-bond acceptors (Lipinski definition) is 4. The minimum Gasteiger partial charge on any atom is -0.479 e. The molecule has 6 nitrogen and oxygen atoms in total. The van der Waals surface area contributed by atoms with Crippen LogP contribution in [0.2, 0.25) is 5.02 Å². The molecular formula is C20H22ClNO5. The van der Waals surface area contributed by atoms with Crippen molar-refractivity contribution in [2.24, 2.45) is 0 Å². The number of ether oxygens (including phenoxy) is 2. The van der Waals surface area contributed by atoms with Crippen LogP contribution in [0.3, 0.4) is 0 Å². The van der Waals surface area contributed by atoms with Gasteiger partial charge in [0.2, 0.25) is 0 Å². The van der Waals surface area contributed by atoms with Gasteiger partial charge in [0.15, 0.2) is 6.10 Å². The van der Waals surface area contributed by atoms with E-state index < -0.39 is 18.2 Å². The zero-order chi connectivity index (χ0) is 19.8. The average molecular weight is 392 g/mol. The number of halogens is 1. The van der Waals surface area contributed by atoms with Crippen molar-refractivity contribution in [2.75, 3.05) is 5.32 Å². The Morgan fingerprint density at radius 3 is 2.30 bits per heavy atom. The molecule has 0 fully saturated rings. The molecule has 0 aliphatic heterocycles. The van der Waals surface area contributed by atoms with Crippen LogP contribution in [0.25, 0.3) is 0 Å². The van der Waals surface area contributed by atoms with Crippen molar-refractivity contribution in [3.63, 3.8) is 0 Å². The van der Waals surface area contributed by atoms with E-state index in [0.29, 0.717) is 10.7 Å². The van der Waals surface area contributed by atoms with Gasteiger partial charge >= 0.3 is 12.1 Å². The Bertz CT molecular complexity index is 776. The van der Waals surface area contributed by atoms with Crippen LogP contribution in [-0.4, -0.2) is 29.4 Å². The molecule has 27 heavy (non-hydrogen) atoms. The second kappa shape index (κ2) is 9.94. The highest BCUT2D eigenvalue weighted by Crippen LogP contribution is 2.17. The van der Waals surface area contributed by atoms with Gasteiger partial charge in [-0.25, -0.2) is 9.59 Å². The molecule has 0 radical (unpaired) electrons. The first kappa shape index (κ1) is 20.7. The summed E-state index contributed by atoms with van der Waals surface area (Å²) in [6.07, 6.45) is -1.60. The van der Waals surface area contributed by atoms with E-state index in [2.05, 4.69) is 5.32 Å². The number of benzene rings is 2. The van der Waals surface area contributed by atoms with Gasteiger partial charge < -0.3 is 14.6 Å². The highest BCUT2D eigenvalue weighted by Gasteiger charge is 2.21. The molecule has 0 aliphatic carbocycles. The highest BCUT2D eigenvalue weighted by atomic mass is 35.5. The lowest BCUT2D eigenvalue weighted by atomic mass is 10.0. The zero-order valence-corrected chi connectivity index (χ0v) is 15.9. The SMILES string of the molecule is CC(C)OC(Cc1ccccc1COC(=O)Nc1ccc(Cl)cc1)C(=O)O. The molecule has 7 heteroatoms. The van der Waals surface area contributed by atoms with Crippen LogP contribution in [0.1, 0.15) is 25.0 Å². The Kier molecular flexibility index (Phi) is 7.64. The first-order chi connectivity index (χ1) is 12.8. The molecule has 2 aromatic carbocycles. The van der Waals surface area contributed by atoms with Crippen molar-refractivity contribution < 1.29 is 24.2 Å².